The molecule has 1 amide bonds. The summed E-state index contributed by atoms with van der Waals surface area (Å²) < 4.78 is 42.1. The lowest BCUT2D eigenvalue weighted by atomic mass is 10.1. The Bertz CT molecular complexity index is 730. The molecule has 0 heterocycles. The van der Waals surface area contributed by atoms with Gasteiger partial charge in [0, 0.05) is 0 Å². The molecule has 0 unspecified atom stereocenters. The number of carbonyl (C=O) groups excluding carboxylic acids is 2. The normalized spacial score (nSPS) is 11.0. The summed E-state index contributed by atoms with van der Waals surface area (Å²) >= 11 is 0. The summed E-state index contributed by atoms with van der Waals surface area (Å²) in [6.07, 6.45) is -3.75. The Morgan fingerprint density at radius 3 is 2.28 bits per heavy atom. The summed E-state index contributed by atoms with van der Waals surface area (Å²) in [5.41, 5.74) is 0.731. The van der Waals surface area contributed by atoms with Gasteiger partial charge in [0.25, 0.3) is 0 Å². The minimum absolute atomic E-state index is 0.120. The highest BCUT2D eigenvalue weighted by Crippen LogP contribution is 2.21. The molecule has 1 N–H and O–H groups in total. The zero-order chi connectivity index (χ0) is 18.3. The summed E-state index contributed by atoms with van der Waals surface area (Å²) in [4.78, 5) is 23.1. The fraction of sp³-hybridized carbons (Fsp3) is 0.222. The molecule has 0 aromatic heterocycles. The number of alkyl halides is 3. The molecule has 0 aliphatic rings. The van der Waals surface area contributed by atoms with Crippen LogP contribution in [0.15, 0.2) is 54.6 Å². The second-order valence-corrected chi connectivity index (χ2v) is 5.22. The Kier molecular flexibility index (Phi) is 6.16. The number of benzene rings is 2. The summed E-state index contributed by atoms with van der Waals surface area (Å²) in [7, 11) is 0. The molecule has 0 saturated heterocycles. The molecule has 2 aromatic carbocycles. The molecule has 2 rings (SSSR count). The SMILES string of the molecule is O=C(OCCCc1ccccc1)c1ccccc1NC(=O)C(F)(F)F. The molecule has 0 atom stereocenters. The van der Waals surface area contributed by atoms with Crippen molar-refractivity contribution in [2.45, 2.75) is 19.0 Å². The number of halogens is 3. The van der Waals surface area contributed by atoms with Gasteiger partial charge in [-0.15, -0.1) is 0 Å². The number of rotatable bonds is 6. The molecule has 0 aliphatic heterocycles. The second kappa shape index (κ2) is 8.32. The van der Waals surface area contributed by atoms with Gasteiger partial charge in [-0.2, -0.15) is 13.2 Å². The topological polar surface area (TPSA) is 55.4 Å². The molecule has 0 aliphatic carbocycles. The van der Waals surface area contributed by atoms with Gasteiger partial charge in [0.2, 0.25) is 0 Å². The summed E-state index contributed by atoms with van der Waals surface area (Å²) in [5.74, 6) is -2.93. The van der Waals surface area contributed by atoms with E-state index in [-0.39, 0.29) is 17.9 Å². The van der Waals surface area contributed by atoms with Crippen LogP contribution in [0.3, 0.4) is 0 Å². The second-order valence-electron chi connectivity index (χ2n) is 5.22. The molecular formula is C18H16F3NO3. The van der Waals surface area contributed by atoms with Crippen molar-refractivity contribution < 1.29 is 27.5 Å². The third-order valence-electron chi connectivity index (χ3n) is 3.34. The molecule has 2 aromatic rings. The maximum Gasteiger partial charge on any atom is 0.471 e. The van der Waals surface area contributed by atoms with Crippen LogP contribution in [0.25, 0.3) is 0 Å². The number of amides is 1. The summed E-state index contributed by atoms with van der Waals surface area (Å²) in [6, 6.07) is 15.0. The maximum atomic E-state index is 12.3. The van der Waals surface area contributed by atoms with E-state index in [0.717, 1.165) is 5.56 Å². The first-order valence-electron chi connectivity index (χ1n) is 7.56. The highest BCUT2D eigenvalue weighted by Gasteiger charge is 2.39. The molecule has 0 bridgehead atoms. The van der Waals surface area contributed by atoms with Crippen LogP contribution in [-0.2, 0) is 16.0 Å². The van der Waals surface area contributed by atoms with Crippen molar-refractivity contribution in [3.8, 4) is 0 Å². The predicted molar refractivity (Wildman–Crippen MR) is 86.2 cm³/mol. The standard InChI is InChI=1S/C18H16F3NO3/c19-18(20,21)17(24)22-15-11-5-4-10-14(15)16(23)25-12-6-9-13-7-2-1-3-8-13/h1-5,7-8,10-11H,6,9,12H2,(H,22,24). The number of nitrogens with one attached hydrogen (secondary N) is 1. The number of esters is 1. The maximum absolute atomic E-state index is 12.3. The number of aryl methyl sites for hydroxylation is 1. The van der Waals surface area contributed by atoms with E-state index in [2.05, 4.69) is 0 Å². The van der Waals surface area contributed by atoms with E-state index in [4.69, 9.17) is 4.74 Å². The average molecular weight is 351 g/mol. The molecule has 7 heteroatoms. The number of ether oxygens (including phenoxy) is 1. The minimum Gasteiger partial charge on any atom is -0.462 e. The average Bonchev–Trinajstić information content (AvgIpc) is 2.59. The van der Waals surface area contributed by atoms with Gasteiger partial charge in [-0.1, -0.05) is 42.5 Å². The third kappa shape index (κ3) is 5.63. The molecule has 0 fully saturated rings. The third-order valence-corrected chi connectivity index (χ3v) is 3.34. The van der Waals surface area contributed by atoms with Crippen LogP contribution >= 0.6 is 0 Å². The first-order chi connectivity index (χ1) is 11.9. The van der Waals surface area contributed by atoms with E-state index in [1.54, 1.807) is 5.32 Å². The molecule has 132 valence electrons. The van der Waals surface area contributed by atoms with Gasteiger partial charge < -0.3 is 10.1 Å². The van der Waals surface area contributed by atoms with Gasteiger partial charge in [0.15, 0.2) is 0 Å². The zero-order valence-corrected chi connectivity index (χ0v) is 13.2. The number of carbonyl (C=O) groups is 2. The van der Waals surface area contributed by atoms with E-state index < -0.39 is 18.1 Å². The summed E-state index contributed by atoms with van der Waals surface area (Å²) in [5, 5.41) is 1.68. The van der Waals surface area contributed by atoms with Crippen molar-refractivity contribution in [1.82, 2.24) is 0 Å². The molecule has 25 heavy (non-hydrogen) atoms. The van der Waals surface area contributed by atoms with E-state index in [9.17, 15) is 22.8 Å². The fourth-order valence-electron chi connectivity index (χ4n) is 2.13. The number of anilines is 1. The molecule has 0 saturated carbocycles. The number of para-hydroxylation sites is 1. The van der Waals surface area contributed by atoms with Crippen molar-refractivity contribution >= 4 is 17.6 Å². The highest BCUT2D eigenvalue weighted by molar-refractivity contribution is 6.02. The minimum atomic E-state index is -5.04. The molecule has 4 nitrogen and oxygen atoms in total. The lowest BCUT2D eigenvalue weighted by Crippen LogP contribution is -2.30. The number of hydrogen-bond donors (Lipinski definition) is 1. The van der Waals surface area contributed by atoms with Crippen LogP contribution in [0, 0.1) is 0 Å². The lowest BCUT2D eigenvalue weighted by Gasteiger charge is -2.12. The van der Waals surface area contributed by atoms with Crippen LogP contribution in [-0.4, -0.2) is 24.7 Å². The van der Waals surface area contributed by atoms with Crippen LogP contribution < -0.4 is 5.32 Å². The van der Waals surface area contributed by atoms with Crippen molar-refractivity contribution in [3.05, 3.63) is 65.7 Å². The largest absolute Gasteiger partial charge is 0.471 e. The van der Waals surface area contributed by atoms with Crippen LogP contribution in [0.5, 0.6) is 0 Å². The zero-order valence-electron chi connectivity index (χ0n) is 13.2. The molecular weight excluding hydrogens is 335 g/mol. The Hall–Kier alpha value is -2.83. The van der Waals surface area contributed by atoms with Crippen molar-refractivity contribution in [3.63, 3.8) is 0 Å². The predicted octanol–water partition coefficient (Wildman–Crippen LogP) is 3.98. The van der Waals surface area contributed by atoms with Crippen LogP contribution in [0.2, 0.25) is 0 Å². The van der Waals surface area contributed by atoms with Crippen LogP contribution in [0.1, 0.15) is 22.3 Å². The van der Waals surface area contributed by atoms with E-state index in [0.29, 0.717) is 12.8 Å². The smallest absolute Gasteiger partial charge is 0.462 e. The Balaban J connectivity index is 1.92. The Morgan fingerprint density at radius 2 is 1.60 bits per heavy atom. The highest BCUT2D eigenvalue weighted by atomic mass is 19.4. The van der Waals surface area contributed by atoms with E-state index in [1.807, 2.05) is 30.3 Å². The Labute approximate surface area is 142 Å². The first kappa shape index (κ1) is 18.5. The van der Waals surface area contributed by atoms with E-state index in [1.165, 1.54) is 24.3 Å². The number of hydrogen-bond acceptors (Lipinski definition) is 3. The quantitative estimate of drug-likeness (QED) is 0.633. The van der Waals surface area contributed by atoms with Gasteiger partial charge in [-0.3, -0.25) is 4.79 Å². The van der Waals surface area contributed by atoms with Gasteiger partial charge in [-0.05, 0) is 30.5 Å². The van der Waals surface area contributed by atoms with Crippen molar-refractivity contribution in [1.29, 1.82) is 0 Å². The van der Waals surface area contributed by atoms with Gasteiger partial charge in [-0.25, -0.2) is 4.79 Å². The van der Waals surface area contributed by atoms with Gasteiger partial charge in [0.1, 0.15) is 0 Å². The van der Waals surface area contributed by atoms with Crippen molar-refractivity contribution in [2.24, 2.45) is 0 Å². The van der Waals surface area contributed by atoms with Crippen LogP contribution in [0.4, 0.5) is 18.9 Å². The van der Waals surface area contributed by atoms with Crippen molar-refractivity contribution in [2.75, 3.05) is 11.9 Å². The first-order valence-corrected chi connectivity index (χ1v) is 7.56. The molecule has 0 radical (unpaired) electrons. The Morgan fingerprint density at radius 1 is 0.960 bits per heavy atom. The summed E-state index contributed by atoms with van der Waals surface area (Å²) in [6.45, 7) is 0.120. The molecule has 0 spiro atoms. The van der Waals surface area contributed by atoms with Gasteiger partial charge in [0.05, 0.1) is 17.9 Å². The monoisotopic (exact) mass is 351 g/mol. The van der Waals surface area contributed by atoms with E-state index >= 15 is 0 Å². The lowest BCUT2D eigenvalue weighted by molar-refractivity contribution is -0.167. The van der Waals surface area contributed by atoms with Gasteiger partial charge >= 0.3 is 18.1 Å². The fourth-order valence-corrected chi connectivity index (χ4v) is 2.13.